The molecule has 3 amide bonds. The number of carbonyl (C=O) groups is 4. The van der Waals surface area contributed by atoms with Crippen LogP contribution in [0.4, 0.5) is 10.5 Å². The summed E-state index contributed by atoms with van der Waals surface area (Å²) in [5, 5.41) is 13.3. The molecule has 1 aromatic heterocycles. The first kappa shape index (κ1) is 24.1. The zero-order valence-electron chi connectivity index (χ0n) is 19.6. The molecule has 5 rings (SSSR count). The van der Waals surface area contributed by atoms with Gasteiger partial charge < -0.3 is 14.8 Å². The third kappa shape index (κ3) is 4.89. The number of nitrogens with one attached hydrogen (secondary N) is 1. The highest BCUT2D eigenvalue weighted by Gasteiger charge is 2.36. The number of anilines is 1. The number of fused-ring (bicyclic) bond motifs is 1. The van der Waals surface area contributed by atoms with Crippen LogP contribution in [0.15, 0.2) is 82.1 Å². The second-order valence-corrected chi connectivity index (χ2v) is 9.37. The Hall–Kier alpha value is -4.63. The van der Waals surface area contributed by atoms with Crippen LogP contribution in [-0.2, 0) is 9.59 Å². The zero-order valence-corrected chi connectivity index (χ0v) is 20.4. The van der Waals surface area contributed by atoms with Gasteiger partial charge in [-0.05, 0) is 60.0 Å². The van der Waals surface area contributed by atoms with Gasteiger partial charge in [-0.1, -0.05) is 42.5 Å². The summed E-state index contributed by atoms with van der Waals surface area (Å²) in [7, 11) is 0. The van der Waals surface area contributed by atoms with Crippen molar-refractivity contribution in [2.75, 3.05) is 11.9 Å². The van der Waals surface area contributed by atoms with Gasteiger partial charge in [0.1, 0.15) is 18.1 Å². The van der Waals surface area contributed by atoms with E-state index in [2.05, 4.69) is 5.32 Å². The minimum Gasteiger partial charge on any atom is -0.478 e. The molecule has 8 nitrogen and oxygen atoms in total. The Bertz CT molecular complexity index is 1610. The number of aryl methyl sites for hydroxylation is 1. The molecule has 0 aliphatic carbocycles. The van der Waals surface area contributed by atoms with E-state index in [9.17, 15) is 24.3 Å². The lowest BCUT2D eigenvalue weighted by Crippen LogP contribution is -2.36. The molecule has 9 heteroatoms. The summed E-state index contributed by atoms with van der Waals surface area (Å²) in [4.78, 5) is 50.4. The number of imide groups is 1. The van der Waals surface area contributed by atoms with Crippen molar-refractivity contribution in [1.82, 2.24) is 4.90 Å². The summed E-state index contributed by atoms with van der Waals surface area (Å²) in [6.45, 7) is 1.41. The van der Waals surface area contributed by atoms with Gasteiger partial charge >= 0.3 is 5.97 Å². The number of carboxylic acids is 1. The second-order valence-electron chi connectivity index (χ2n) is 8.38. The highest BCUT2D eigenvalue weighted by molar-refractivity contribution is 8.18. The van der Waals surface area contributed by atoms with Gasteiger partial charge in [0, 0.05) is 22.7 Å². The number of aromatic carboxylic acids is 1. The lowest BCUT2D eigenvalue weighted by atomic mass is 10.0. The summed E-state index contributed by atoms with van der Waals surface area (Å²) in [5.41, 5.74) is 2.15. The summed E-state index contributed by atoms with van der Waals surface area (Å²) >= 11 is 0.723. The van der Waals surface area contributed by atoms with Crippen molar-refractivity contribution in [3.63, 3.8) is 0 Å². The Morgan fingerprint density at radius 1 is 1.03 bits per heavy atom. The average Bonchev–Trinajstić information content (AvgIpc) is 3.44. The first-order chi connectivity index (χ1) is 17.8. The quantitative estimate of drug-likeness (QED) is 0.315. The van der Waals surface area contributed by atoms with Crippen molar-refractivity contribution >= 4 is 57.3 Å². The monoisotopic (exact) mass is 512 g/mol. The van der Waals surface area contributed by atoms with E-state index in [1.54, 1.807) is 24.3 Å². The molecular weight excluding hydrogens is 492 g/mol. The number of benzene rings is 3. The maximum Gasteiger partial charge on any atom is 0.335 e. The van der Waals surface area contributed by atoms with Gasteiger partial charge in [0.05, 0.1) is 10.5 Å². The van der Waals surface area contributed by atoms with Crippen molar-refractivity contribution < 1.29 is 28.7 Å². The second kappa shape index (κ2) is 9.79. The molecule has 0 atom stereocenters. The van der Waals surface area contributed by atoms with Crippen molar-refractivity contribution in [2.24, 2.45) is 0 Å². The van der Waals surface area contributed by atoms with Crippen LogP contribution < -0.4 is 5.32 Å². The highest BCUT2D eigenvalue weighted by Crippen LogP contribution is 2.34. The molecule has 0 spiro atoms. The van der Waals surface area contributed by atoms with Crippen LogP contribution in [0, 0.1) is 6.92 Å². The molecule has 2 N–H and O–H groups in total. The molecule has 0 bridgehead atoms. The molecule has 37 heavy (non-hydrogen) atoms. The van der Waals surface area contributed by atoms with Crippen LogP contribution in [-0.4, -0.2) is 39.6 Å². The van der Waals surface area contributed by atoms with Crippen molar-refractivity contribution in [2.45, 2.75) is 6.92 Å². The number of hydrogen-bond donors (Lipinski definition) is 2. The molecule has 1 fully saturated rings. The van der Waals surface area contributed by atoms with Gasteiger partial charge in [0.15, 0.2) is 0 Å². The molecule has 184 valence electrons. The van der Waals surface area contributed by atoms with Crippen molar-refractivity contribution in [1.29, 1.82) is 0 Å². The average molecular weight is 513 g/mol. The van der Waals surface area contributed by atoms with Gasteiger partial charge in [-0.25, -0.2) is 4.79 Å². The van der Waals surface area contributed by atoms with E-state index in [-0.39, 0.29) is 10.5 Å². The summed E-state index contributed by atoms with van der Waals surface area (Å²) in [6.07, 6.45) is 1.44. The number of nitrogens with zero attached hydrogens (tertiary/aromatic N) is 1. The minimum absolute atomic E-state index is 0.125. The van der Waals surface area contributed by atoms with E-state index in [0.29, 0.717) is 22.8 Å². The number of carbonyl (C=O) groups excluding carboxylic acids is 3. The predicted octanol–water partition coefficient (Wildman–Crippen LogP) is 5.78. The molecule has 0 unspecified atom stereocenters. The van der Waals surface area contributed by atoms with E-state index in [1.165, 1.54) is 18.2 Å². The number of hydrogen-bond acceptors (Lipinski definition) is 6. The maximum atomic E-state index is 12.9. The Morgan fingerprint density at radius 2 is 1.81 bits per heavy atom. The standard InChI is InChI=1S/C28H20N2O6S/c1-16-9-10-18(27(33)34)13-21(16)23-12-11-19(36-23)14-24-26(32)30(28(35)37-24)15-25(31)29-22-8-4-6-17-5-2-3-7-20(17)22/h2-14H,15H2,1H3,(H,29,31)(H,33,34)/b24-14-. The summed E-state index contributed by atoms with van der Waals surface area (Å²) in [5.74, 6) is -1.38. The highest BCUT2D eigenvalue weighted by atomic mass is 32.2. The van der Waals surface area contributed by atoms with E-state index in [1.807, 2.05) is 43.3 Å². The number of furan rings is 1. The van der Waals surface area contributed by atoms with Crippen molar-refractivity contribution in [3.05, 3.63) is 94.6 Å². The number of amides is 3. The van der Waals surface area contributed by atoms with Gasteiger partial charge in [0.25, 0.3) is 11.1 Å². The molecule has 1 aliphatic rings. The Kier molecular flexibility index (Phi) is 6.37. The fourth-order valence-corrected chi connectivity index (χ4v) is 4.85. The Labute approximate surface area is 215 Å². The van der Waals surface area contributed by atoms with E-state index < -0.39 is 29.6 Å². The molecule has 0 saturated carbocycles. The number of thioether (sulfide) groups is 1. The van der Waals surface area contributed by atoms with E-state index in [4.69, 9.17) is 4.42 Å². The third-order valence-electron chi connectivity index (χ3n) is 5.89. The van der Waals surface area contributed by atoms with Crippen molar-refractivity contribution in [3.8, 4) is 11.3 Å². The van der Waals surface area contributed by atoms with E-state index in [0.717, 1.165) is 33.0 Å². The first-order valence-corrected chi connectivity index (χ1v) is 12.1. The topological polar surface area (TPSA) is 117 Å². The van der Waals surface area contributed by atoms with Gasteiger partial charge in [-0.15, -0.1) is 0 Å². The van der Waals surface area contributed by atoms with Gasteiger partial charge in [-0.2, -0.15) is 0 Å². The van der Waals surface area contributed by atoms with Crippen LogP contribution in [0.3, 0.4) is 0 Å². The van der Waals surface area contributed by atoms with Gasteiger partial charge in [-0.3, -0.25) is 19.3 Å². The Morgan fingerprint density at radius 3 is 2.62 bits per heavy atom. The lowest BCUT2D eigenvalue weighted by Gasteiger charge is -2.13. The number of rotatable bonds is 6. The third-order valence-corrected chi connectivity index (χ3v) is 6.80. The fraction of sp³-hybridized carbons (Fsp3) is 0.0714. The summed E-state index contributed by atoms with van der Waals surface area (Å²) in [6, 6.07) is 21.1. The van der Waals surface area contributed by atoms with Crippen LogP contribution in [0.2, 0.25) is 0 Å². The van der Waals surface area contributed by atoms with Gasteiger partial charge in [0.2, 0.25) is 5.91 Å². The molecule has 2 heterocycles. The maximum absolute atomic E-state index is 12.9. The van der Waals surface area contributed by atoms with E-state index >= 15 is 0 Å². The van der Waals surface area contributed by atoms with Crippen LogP contribution in [0.5, 0.6) is 0 Å². The minimum atomic E-state index is -1.05. The smallest absolute Gasteiger partial charge is 0.335 e. The van der Waals surface area contributed by atoms with Crippen LogP contribution >= 0.6 is 11.8 Å². The lowest BCUT2D eigenvalue weighted by molar-refractivity contribution is -0.127. The number of carboxylic acid groups (broad SMARTS) is 1. The molecule has 1 aliphatic heterocycles. The normalized spacial score (nSPS) is 14.5. The fourth-order valence-electron chi connectivity index (χ4n) is 4.03. The van der Waals surface area contributed by atoms with Crippen LogP contribution in [0.1, 0.15) is 21.7 Å². The molecule has 0 radical (unpaired) electrons. The SMILES string of the molecule is Cc1ccc(C(=O)O)cc1-c1ccc(/C=C2\SC(=O)N(CC(=O)Nc3cccc4ccccc34)C2=O)o1. The molecule has 3 aromatic carbocycles. The molecule has 4 aromatic rings. The largest absolute Gasteiger partial charge is 0.478 e. The molecule has 1 saturated heterocycles. The summed E-state index contributed by atoms with van der Waals surface area (Å²) < 4.78 is 5.82. The zero-order chi connectivity index (χ0) is 26.1. The van der Waals surface area contributed by atoms with Crippen LogP contribution in [0.25, 0.3) is 28.2 Å². The Balaban J connectivity index is 1.31. The molecular formula is C28H20N2O6S. The predicted molar refractivity (Wildman–Crippen MR) is 141 cm³/mol. The first-order valence-electron chi connectivity index (χ1n) is 11.3.